The fraction of sp³-hybridized carbons (Fsp3) is 0.364. The first-order valence-corrected chi connectivity index (χ1v) is 8.10. The average Bonchev–Trinajstić information content (AvgIpc) is 2.18. The lowest BCUT2D eigenvalue weighted by molar-refractivity contribution is 0.603. The highest BCUT2D eigenvalue weighted by atomic mass is 32.2. The lowest BCUT2D eigenvalue weighted by Gasteiger charge is -2.10. The maximum Gasteiger partial charge on any atom is 0.148 e. The van der Waals surface area contributed by atoms with Crippen LogP contribution in [0, 0.1) is 12.3 Å². The number of hydrogen-bond donors (Lipinski definition) is 2. The van der Waals surface area contributed by atoms with Gasteiger partial charge in [0, 0.05) is 22.5 Å². The Balaban J connectivity index is 2.86. The normalized spacial score (nSPS) is 11.4. The zero-order valence-corrected chi connectivity index (χ0v) is 11.5. The van der Waals surface area contributed by atoms with Crippen LogP contribution in [0.2, 0.25) is 0 Å². The SMILES string of the molecule is Cc1cccc(C(=N)N)c1SCCS(C)(=O)=O. The number of amidine groups is 1. The van der Waals surface area contributed by atoms with E-state index in [1.165, 1.54) is 18.0 Å². The van der Waals surface area contributed by atoms with Crippen molar-refractivity contribution in [1.82, 2.24) is 0 Å². The van der Waals surface area contributed by atoms with Crippen LogP contribution in [0.15, 0.2) is 23.1 Å². The van der Waals surface area contributed by atoms with E-state index >= 15 is 0 Å². The maximum absolute atomic E-state index is 11.0. The van der Waals surface area contributed by atoms with Gasteiger partial charge in [-0.2, -0.15) is 0 Å². The minimum atomic E-state index is -2.95. The second-order valence-corrected chi connectivity index (χ2v) is 7.21. The molecule has 0 aliphatic rings. The smallest absolute Gasteiger partial charge is 0.148 e. The Bertz CT molecular complexity index is 524. The number of thioether (sulfide) groups is 1. The van der Waals surface area contributed by atoms with Crippen LogP contribution in [-0.4, -0.2) is 32.0 Å². The second-order valence-electron chi connectivity index (χ2n) is 3.84. The molecule has 0 aliphatic heterocycles. The minimum Gasteiger partial charge on any atom is -0.384 e. The van der Waals surface area contributed by atoms with Gasteiger partial charge in [-0.25, -0.2) is 8.42 Å². The van der Waals surface area contributed by atoms with Crippen molar-refractivity contribution in [3.05, 3.63) is 29.3 Å². The summed E-state index contributed by atoms with van der Waals surface area (Å²) in [6.45, 7) is 1.93. The molecule has 1 aromatic rings. The Morgan fingerprint density at radius 3 is 2.65 bits per heavy atom. The van der Waals surface area contributed by atoms with Gasteiger partial charge < -0.3 is 5.73 Å². The molecule has 0 atom stereocenters. The molecule has 1 aromatic carbocycles. The molecule has 0 saturated heterocycles. The van der Waals surface area contributed by atoms with Crippen LogP contribution in [0.1, 0.15) is 11.1 Å². The molecule has 4 nitrogen and oxygen atoms in total. The van der Waals surface area contributed by atoms with Crippen molar-refractivity contribution in [2.75, 3.05) is 17.8 Å². The molecule has 6 heteroatoms. The topological polar surface area (TPSA) is 84.0 Å². The maximum atomic E-state index is 11.0. The Labute approximate surface area is 106 Å². The third-order valence-corrected chi connectivity index (χ3v) is 4.65. The molecule has 0 bridgehead atoms. The Kier molecular flexibility index (Phi) is 4.59. The minimum absolute atomic E-state index is 0.00977. The van der Waals surface area contributed by atoms with Crippen molar-refractivity contribution in [2.24, 2.45) is 5.73 Å². The number of sulfone groups is 1. The summed E-state index contributed by atoms with van der Waals surface area (Å²) in [6, 6.07) is 5.54. The summed E-state index contributed by atoms with van der Waals surface area (Å²) < 4.78 is 22.1. The van der Waals surface area contributed by atoms with Gasteiger partial charge in [0.1, 0.15) is 15.7 Å². The summed E-state index contributed by atoms with van der Waals surface area (Å²) in [5.74, 6) is 0.614. The number of nitrogen functional groups attached to an aromatic ring is 1. The number of hydrogen-bond acceptors (Lipinski definition) is 4. The van der Waals surface area contributed by atoms with E-state index in [0.29, 0.717) is 11.3 Å². The molecule has 0 aromatic heterocycles. The van der Waals surface area contributed by atoms with Gasteiger partial charge in [0.15, 0.2) is 0 Å². The van der Waals surface area contributed by atoms with E-state index in [1.807, 2.05) is 19.1 Å². The summed E-state index contributed by atoms with van der Waals surface area (Å²) in [6.07, 6.45) is 1.22. The lowest BCUT2D eigenvalue weighted by Crippen LogP contribution is -2.13. The van der Waals surface area contributed by atoms with Crippen LogP contribution in [0.3, 0.4) is 0 Å². The predicted molar refractivity (Wildman–Crippen MR) is 72.6 cm³/mol. The molecule has 0 radical (unpaired) electrons. The summed E-state index contributed by atoms with van der Waals surface area (Å²) >= 11 is 1.43. The zero-order valence-electron chi connectivity index (χ0n) is 9.86. The molecule has 0 spiro atoms. The van der Waals surface area contributed by atoms with Gasteiger partial charge >= 0.3 is 0 Å². The molecule has 0 aliphatic carbocycles. The summed E-state index contributed by atoms with van der Waals surface area (Å²) in [4.78, 5) is 0.892. The average molecular weight is 272 g/mol. The van der Waals surface area contributed by atoms with Crippen molar-refractivity contribution in [3.63, 3.8) is 0 Å². The summed E-state index contributed by atoms with van der Waals surface area (Å²) in [5.41, 5.74) is 7.17. The largest absolute Gasteiger partial charge is 0.384 e. The summed E-state index contributed by atoms with van der Waals surface area (Å²) in [5, 5.41) is 7.48. The molecule has 3 N–H and O–H groups in total. The van der Waals surface area contributed by atoms with Crippen molar-refractivity contribution in [3.8, 4) is 0 Å². The van der Waals surface area contributed by atoms with E-state index in [0.717, 1.165) is 10.5 Å². The van der Waals surface area contributed by atoms with E-state index in [2.05, 4.69) is 0 Å². The van der Waals surface area contributed by atoms with Crippen molar-refractivity contribution in [1.29, 1.82) is 5.41 Å². The van der Waals surface area contributed by atoms with Crippen LogP contribution >= 0.6 is 11.8 Å². The standard InChI is InChI=1S/C11H16N2O2S2/c1-8-4-3-5-9(11(12)13)10(8)16-6-7-17(2,14)15/h3-5H,6-7H2,1-2H3,(H3,12,13). The number of nitrogens with two attached hydrogens (primary N) is 1. The molecule has 17 heavy (non-hydrogen) atoms. The molecule has 0 saturated carbocycles. The Morgan fingerprint density at radius 1 is 1.47 bits per heavy atom. The van der Waals surface area contributed by atoms with Crippen LogP contribution in [0.5, 0.6) is 0 Å². The van der Waals surface area contributed by atoms with E-state index in [1.54, 1.807) is 6.07 Å². The van der Waals surface area contributed by atoms with Crippen LogP contribution in [-0.2, 0) is 9.84 Å². The van der Waals surface area contributed by atoms with E-state index in [4.69, 9.17) is 11.1 Å². The third-order valence-electron chi connectivity index (χ3n) is 2.20. The molecule has 0 amide bonds. The Morgan fingerprint density at radius 2 is 2.12 bits per heavy atom. The number of aryl methyl sites for hydroxylation is 1. The van der Waals surface area contributed by atoms with Gasteiger partial charge in [0.05, 0.1) is 5.75 Å². The summed E-state index contributed by atoms with van der Waals surface area (Å²) in [7, 11) is -2.95. The number of nitrogens with one attached hydrogen (secondary N) is 1. The first-order valence-electron chi connectivity index (χ1n) is 5.06. The molecule has 94 valence electrons. The first kappa shape index (κ1) is 14.1. The fourth-order valence-corrected chi connectivity index (χ4v) is 3.73. The highest BCUT2D eigenvalue weighted by Gasteiger charge is 2.10. The fourth-order valence-electron chi connectivity index (χ4n) is 1.35. The second kappa shape index (κ2) is 5.55. The van der Waals surface area contributed by atoms with Gasteiger partial charge in [-0.15, -0.1) is 11.8 Å². The zero-order chi connectivity index (χ0) is 13.1. The molecular formula is C11H16N2O2S2. The molecule has 0 unspecified atom stereocenters. The van der Waals surface area contributed by atoms with Crippen molar-refractivity contribution < 1.29 is 8.42 Å². The highest BCUT2D eigenvalue weighted by molar-refractivity contribution is 8.00. The highest BCUT2D eigenvalue weighted by Crippen LogP contribution is 2.26. The van der Waals surface area contributed by atoms with E-state index in [9.17, 15) is 8.42 Å². The molecule has 0 heterocycles. The van der Waals surface area contributed by atoms with Crippen LogP contribution in [0.4, 0.5) is 0 Å². The lowest BCUT2D eigenvalue weighted by atomic mass is 10.1. The van der Waals surface area contributed by atoms with Gasteiger partial charge in [-0.1, -0.05) is 18.2 Å². The van der Waals surface area contributed by atoms with Gasteiger partial charge in [-0.05, 0) is 12.5 Å². The number of benzene rings is 1. The van der Waals surface area contributed by atoms with Gasteiger partial charge in [-0.3, -0.25) is 5.41 Å². The molecule has 1 rings (SSSR count). The predicted octanol–water partition coefficient (Wildman–Crippen LogP) is 1.42. The van der Waals surface area contributed by atoms with Crippen LogP contribution in [0.25, 0.3) is 0 Å². The first-order chi connectivity index (χ1) is 7.81. The molecular weight excluding hydrogens is 256 g/mol. The monoisotopic (exact) mass is 272 g/mol. The van der Waals surface area contributed by atoms with E-state index < -0.39 is 9.84 Å². The van der Waals surface area contributed by atoms with Crippen LogP contribution < -0.4 is 5.73 Å². The van der Waals surface area contributed by atoms with Gasteiger partial charge in [0.25, 0.3) is 0 Å². The van der Waals surface area contributed by atoms with Crippen molar-refractivity contribution in [2.45, 2.75) is 11.8 Å². The molecule has 0 fully saturated rings. The third kappa shape index (κ3) is 4.40. The van der Waals surface area contributed by atoms with Gasteiger partial charge in [0.2, 0.25) is 0 Å². The Hall–Kier alpha value is -1.01. The van der Waals surface area contributed by atoms with Crippen molar-refractivity contribution >= 4 is 27.4 Å². The van der Waals surface area contributed by atoms with E-state index in [-0.39, 0.29) is 11.6 Å². The number of rotatable bonds is 5. The quantitative estimate of drug-likeness (QED) is 0.482.